The average molecular weight is 212 g/mol. The topological polar surface area (TPSA) is 75.7 Å². The summed E-state index contributed by atoms with van der Waals surface area (Å²) in [5, 5.41) is 3.61. The van der Waals surface area contributed by atoms with Gasteiger partial charge >= 0.3 is 5.97 Å². The SMILES string of the molecule is O=C(ON1C(=O)CCC1=O)[C@H]1CCNC1. The van der Waals surface area contributed by atoms with Gasteiger partial charge < -0.3 is 10.2 Å². The Morgan fingerprint density at radius 3 is 2.53 bits per heavy atom. The molecule has 6 nitrogen and oxygen atoms in total. The third kappa shape index (κ3) is 1.99. The van der Waals surface area contributed by atoms with E-state index in [2.05, 4.69) is 5.32 Å². The van der Waals surface area contributed by atoms with Crippen molar-refractivity contribution in [3.63, 3.8) is 0 Å². The van der Waals surface area contributed by atoms with Gasteiger partial charge in [-0.3, -0.25) is 9.59 Å². The highest BCUT2D eigenvalue weighted by Crippen LogP contribution is 2.16. The number of carbonyl (C=O) groups excluding carboxylic acids is 3. The molecule has 2 heterocycles. The molecule has 2 amide bonds. The summed E-state index contributed by atoms with van der Waals surface area (Å²) in [5.74, 6) is -1.60. The van der Waals surface area contributed by atoms with Crippen LogP contribution in [0.15, 0.2) is 0 Å². The molecule has 0 aromatic carbocycles. The van der Waals surface area contributed by atoms with Crippen LogP contribution in [0.4, 0.5) is 0 Å². The van der Waals surface area contributed by atoms with E-state index < -0.39 is 17.8 Å². The van der Waals surface area contributed by atoms with Crippen LogP contribution in [0.2, 0.25) is 0 Å². The number of hydrogen-bond acceptors (Lipinski definition) is 5. The minimum Gasteiger partial charge on any atom is -0.330 e. The Morgan fingerprint density at radius 2 is 2.00 bits per heavy atom. The molecule has 0 aliphatic carbocycles. The summed E-state index contributed by atoms with van der Waals surface area (Å²) in [6.07, 6.45) is 0.957. The van der Waals surface area contributed by atoms with Gasteiger partial charge in [0.1, 0.15) is 0 Å². The Morgan fingerprint density at radius 1 is 1.33 bits per heavy atom. The number of imide groups is 1. The molecule has 2 aliphatic heterocycles. The predicted molar refractivity (Wildman–Crippen MR) is 48.2 cm³/mol. The first-order valence-electron chi connectivity index (χ1n) is 4.97. The van der Waals surface area contributed by atoms with Gasteiger partial charge in [0.2, 0.25) is 0 Å². The summed E-state index contributed by atoms with van der Waals surface area (Å²) >= 11 is 0. The fraction of sp³-hybridized carbons (Fsp3) is 0.667. The van der Waals surface area contributed by atoms with Crippen LogP contribution in [0.25, 0.3) is 0 Å². The van der Waals surface area contributed by atoms with E-state index in [-0.39, 0.29) is 18.8 Å². The molecule has 1 N–H and O–H groups in total. The van der Waals surface area contributed by atoms with Gasteiger partial charge in [-0.15, -0.1) is 5.06 Å². The van der Waals surface area contributed by atoms with Gasteiger partial charge in [-0.1, -0.05) is 0 Å². The smallest absolute Gasteiger partial charge is 0.330 e. The van der Waals surface area contributed by atoms with E-state index in [1.807, 2.05) is 0 Å². The predicted octanol–water partition coefficient (Wildman–Crippen LogP) is -0.797. The lowest BCUT2D eigenvalue weighted by molar-refractivity contribution is -0.200. The summed E-state index contributed by atoms with van der Waals surface area (Å²) < 4.78 is 0. The first-order valence-corrected chi connectivity index (χ1v) is 4.97. The van der Waals surface area contributed by atoms with Crippen molar-refractivity contribution in [1.82, 2.24) is 10.4 Å². The fourth-order valence-electron chi connectivity index (χ4n) is 1.68. The van der Waals surface area contributed by atoms with Crippen LogP contribution in [0.5, 0.6) is 0 Å². The van der Waals surface area contributed by atoms with Gasteiger partial charge in [0, 0.05) is 19.4 Å². The van der Waals surface area contributed by atoms with Crippen LogP contribution in [0.1, 0.15) is 19.3 Å². The summed E-state index contributed by atoms with van der Waals surface area (Å²) in [6, 6.07) is 0. The van der Waals surface area contributed by atoms with Crippen molar-refractivity contribution < 1.29 is 19.2 Å². The van der Waals surface area contributed by atoms with E-state index in [9.17, 15) is 14.4 Å². The van der Waals surface area contributed by atoms with Gasteiger partial charge in [-0.25, -0.2) is 4.79 Å². The highest BCUT2D eigenvalue weighted by molar-refractivity contribution is 6.01. The highest BCUT2D eigenvalue weighted by atomic mass is 16.7. The number of hydrogen-bond donors (Lipinski definition) is 1. The molecule has 82 valence electrons. The molecule has 0 bridgehead atoms. The zero-order valence-electron chi connectivity index (χ0n) is 8.19. The van der Waals surface area contributed by atoms with Gasteiger partial charge in [0.25, 0.3) is 11.8 Å². The Kier molecular flexibility index (Phi) is 2.68. The normalized spacial score (nSPS) is 26.1. The minimum absolute atomic E-state index is 0.134. The second-order valence-corrected chi connectivity index (χ2v) is 3.68. The van der Waals surface area contributed by atoms with Crippen molar-refractivity contribution in [1.29, 1.82) is 0 Å². The number of nitrogens with zero attached hydrogens (tertiary/aromatic N) is 1. The molecule has 0 spiro atoms. The standard InChI is InChI=1S/C9H12N2O4/c12-7-1-2-8(13)11(7)15-9(14)6-3-4-10-5-6/h6,10H,1-5H2/t6-/m0/s1. The molecule has 0 unspecified atom stereocenters. The molecule has 2 fully saturated rings. The van der Waals surface area contributed by atoms with Crippen molar-refractivity contribution in [3.8, 4) is 0 Å². The first-order chi connectivity index (χ1) is 7.18. The Bertz CT molecular complexity index is 293. The molecule has 1 atom stereocenters. The molecule has 2 saturated heterocycles. The number of rotatable bonds is 2. The number of hydroxylamine groups is 2. The van der Waals surface area contributed by atoms with Crippen LogP contribution >= 0.6 is 0 Å². The van der Waals surface area contributed by atoms with E-state index in [0.29, 0.717) is 18.0 Å². The molecular formula is C9H12N2O4. The largest absolute Gasteiger partial charge is 0.337 e. The molecule has 0 saturated carbocycles. The Hall–Kier alpha value is -1.43. The van der Waals surface area contributed by atoms with Crippen molar-refractivity contribution >= 4 is 17.8 Å². The quantitative estimate of drug-likeness (QED) is 0.607. The van der Waals surface area contributed by atoms with E-state index in [1.165, 1.54) is 0 Å². The van der Waals surface area contributed by atoms with Crippen molar-refractivity contribution in [3.05, 3.63) is 0 Å². The summed E-state index contributed by atoms with van der Waals surface area (Å²) in [5.41, 5.74) is 0. The lowest BCUT2D eigenvalue weighted by Gasteiger charge is -2.14. The van der Waals surface area contributed by atoms with Crippen molar-refractivity contribution in [2.75, 3.05) is 13.1 Å². The van der Waals surface area contributed by atoms with Crippen LogP contribution in [0, 0.1) is 5.92 Å². The monoisotopic (exact) mass is 212 g/mol. The lowest BCUT2D eigenvalue weighted by atomic mass is 10.1. The Labute approximate surface area is 86.5 Å². The van der Waals surface area contributed by atoms with E-state index >= 15 is 0 Å². The molecule has 2 rings (SSSR count). The van der Waals surface area contributed by atoms with Crippen LogP contribution in [0.3, 0.4) is 0 Å². The second kappa shape index (κ2) is 3.98. The third-order valence-electron chi connectivity index (χ3n) is 2.58. The summed E-state index contributed by atoms with van der Waals surface area (Å²) in [6.45, 7) is 1.32. The molecular weight excluding hydrogens is 200 g/mol. The van der Waals surface area contributed by atoms with E-state index in [1.54, 1.807) is 0 Å². The maximum Gasteiger partial charge on any atom is 0.337 e. The highest BCUT2D eigenvalue weighted by Gasteiger charge is 2.35. The number of nitrogens with one attached hydrogen (secondary N) is 1. The average Bonchev–Trinajstić information content (AvgIpc) is 2.82. The van der Waals surface area contributed by atoms with Crippen molar-refractivity contribution in [2.24, 2.45) is 5.92 Å². The molecule has 0 radical (unpaired) electrons. The van der Waals surface area contributed by atoms with E-state index in [4.69, 9.17) is 4.84 Å². The van der Waals surface area contributed by atoms with Crippen LogP contribution < -0.4 is 5.32 Å². The zero-order valence-corrected chi connectivity index (χ0v) is 8.19. The number of amides is 2. The van der Waals surface area contributed by atoms with Gasteiger partial charge in [-0.05, 0) is 13.0 Å². The van der Waals surface area contributed by atoms with Crippen LogP contribution in [-0.2, 0) is 19.2 Å². The lowest BCUT2D eigenvalue weighted by Crippen LogP contribution is -2.35. The Balaban J connectivity index is 1.93. The van der Waals surface area contributed by atoms with Gasteiger partial charge in [0.05, 0.1) is 5.92 Å². The first kappa shape index (κ1) is 10.1. The minimum atomic E-state index is -0.497. The molecule has 0 aromatic rings. The maximum atomic E-state index is 11.5. The number of carbonyl (C=O) groups is 3. The zero-order chi connectivity index (χ0) is 10.8. The molecule has 6 heteroatoms. The molecule has 0 aromatic heterocycles. The molecule has 15 heavy (non-hydrogen) atoms. The van der Waals surface area contributed by atoms with Gasteiger partial charge in [0.15, 0.2) is 0 Å². The van der Waals surface area contributed by atoms with Crippen LogP contribution in [-0.4, -0.2) is 35.9 Å². The maximum absolute atomic E-state index is 11.5. The fourth-order valence-corrected chi connectivity index (χ4v) is 1.68. The second-order valence-electron chi connectivity index (χ2n) is 3.68. The summed E-state index contributed by atoms with van der Waals surface area (Å²) in [4.78, 5) is 38.6. The van der Waals surface area contributed by atoms with Crippen molar-refractivity contribution in [2.45, 2.75) is 19.3 Å². The molecule has 2 aliphatic rings. The summed E-state index contributed by atoms with van der Waals surface area (Å²) in [7, 11) is 0. The van der Waals surface area contributed by atoms with Gasteiger partial charge in [-0.2, -0.15) is 0 Å². The third-order valence-corrected chi connectivity index (χ3v) is 2.58. The van der Waals surface area contributed by atoms with E-state index in [0.717, 1.165) is 6.54 Å².